The van der Waals surface area contributed by atoms with Crippen LogP contribution in [0.4, 0.5) is 0 Å². The largest absolute Gasteiger partial charge is 0.468 e. The molecule has 0 fully saturated rings. The van der Waals surface area contributed by atoms with Gasteiger partial charge in [0.05, 0.1) is 19.9 Å². The summed E-state index contributed by atoms with van der Waals surface area (Å²) >= 11 is 0. The molecule has 23 heavy (non-hydrogen) atoms. The SMILES string of the molecule is CN=C(NCCn1cccc1)NCc1cn(CC(=O)OC)nn1. The Labute approximate surface area is 134 Å². The molecule has 0 aliphatic carbocycles. The molecular weight excluding hydrogens is 298 g/mol. The second-order valence-corrected chi connectivity index (χ2v) is 4.76. The second-order valence-electron chi connectivity index (χ2n) is 4.76. The van der Waals surface area contributed by atoms with E-state index in [0.717, 1.165) is 13.1 Å². The summed E-state index contributed by atoms with van der Waals surface area (Å²) in [6.45, 7) is 2.12. The van der Waals surface area contributed by atoms with Crippen LogP contribution >= 0.6 is 0 Å². The smallest absolute Gasteiger partial charge is 0.327 e. The average Bonchev–Trinajstić information content (AvgIpc) is 3.22. The van der Waals surface area contributed by atoms with E-state index in [-0.39, 0.29) is 12.5 Å². The number of hydrogen-bond acceptors (Lipinski definition) is 5. The molecule has 0 spiro atoms. The molecule has 2 rings (SSSR count). The van der Waals surface area contributed by atoms with E-state index in [1.807, 2.05) is 24.5 Å². The number of aliphatic imine (C=N–C) groups is 1. The first-order valence-corrected chi connectivity index (χ1v) is 7.22. The predicted octanol–water partition coefficient (Wildman–Crippen LogP) is -0.382. The van der Waals surface area contributed by atoms with Crippen molar-refractivity contribution in [2.24, 2.45) is 4.99 Å². The Hall–Kier alpha value is -2.84. The van der Waals surface area contributed by atoms with Gasteiger partial charge in [0.2, 0.25) is 0 Å². The molecule has 9 nitrogen and oxygen atoms in total. The van der Waals surface area contributed by atoms with Crippen LogP contribution in [0.5, 0.6) is 0 Å². The standard InChI is InChI=1S/C14H21N7O2/c1-15-14(16-5-8-20-6-3-4-7-20)17-9-12-10-21(19-18-12)11-13(22)23-2/h3-4,6-7,10H,5,8-9,11H2,1-2H3,(H2,15,16,17). The van der Waals surface area contributed by atoms with Gasteiger partial charge in [-0.1, -0.05) is 5.21 Å². The first-order valence-electron chi connectivity index (χ1n) is 7.22. The number of aromatic nitrogens is 4. The van der Waals surface area contributed by atoms with Crippen molar-refractivity contribution in [2.45, 2.75) is 19.6 Å². The molecule has 0 saturated heterocycles. The van der Waals surface area contributed by atoms with Crippen molar-refractivity contribution in [3.05, 3.63) is 36.4 Å². The van der Waals surface area contributed by atoms with Crippen LogP contribution in [0.2, 0.25) is 0 Å². The molecule has 2 aromatic rings. The molecule has 2 heterocycles. The zero-order valence-electron chi connectivity index (χ0n) is 13.3. The summed E-state index contributed by atoms with van der Waals surface area (Å²) in [6.07, 6.45) is 5.71. The number of ether oxygens (including phenoxy) is 1. The van der Waals surface area contributed by atoms with Crippen molar-refractivity contribution >= 4 is 11.9 Å². The molecule has 0 saturated carbocycles. The third-order valence-corrected chi connectivity index (χ3v) is 3.09. The normalized spacial score (nSPS) is 11.3. The Morgan fingerprint density at radius 1 is 1.35 bits per heavy atom. The summed E-state index contributed by atoms with van der Waals surface area (Å²) < 4.78 is 8.10. The predicted molar refractivity (Wildman–Crippen MR) is 84.7 cm³/mol. The van der Waals surface area contributed by atoms with Crippen LogP contribution in [0.3, 0.4) is 0 Å². The Morgan fingerprint density at radius 2 is 2.13 bits per heavy atom. The topological polar surface area (TPSA) is 98.4 Å². The fourth-order valence-electron chi connectivity index (χ4n) is 1.91. The Morgan fingerprint density at radius 3 is 2.83 bits per heavy atom. The summed E-state index contributed by atoms with van der Waals surface area (Å²) in [6, 6.07) is 3.98. The molecule has 0 radical (unpaired) electrons. The van der Waals surface area contributed by atoms with Gasteiger partial charge in [0, 0.05) is 32.5 Å². The maximum absolute atomic E-state index is 11.2. The van der Waals surface area contributed by atoms with Crippen LogP contribution in [0.25, 0.3) is 0 Å². The van der Waals surface area contributed by atoms with E-state index in [1.165, 1.54) is 11.8 Å². The van der Waals surface area contributed by atoms with E-state index >= 15 is 0 Å². The lowest BCUT2D eigenvalue weighted by molar-refractivity contribution is -0.141. The van der Waals surface area contributed by atoms with Crippen LogP contribution < -0.4 is 10.6 Å². The van der Waals surface area contributed by atoms with Gasteiger partial charge >= 0.3 is 5.97 Å². The summed E-state index contributed by atoms with van der Waals surface area (Å²) in [4.78, 5) is 15.3. The first-order chi connectivity index (χ1) is 11.2. The number of carbonyl (C=O) groups is 1. The number of guanidine groups is 1. The van der Waals surface area contributed by atoms with Gasteiger partial charge in [0.15, 0.2) is 5.96 Å². The van der Waals surface area contributed by atoms with Gasteiger partial charge in [0.1, 0.15) is 12.2 Å². The molecule has 0 aliphatic heterocycles. The number of rotatable bonds is 7. The van der Waals surface area contributed by atoms with Crippen molar-refractivity contribution in [3.8, 4) is 0 Å². The van der Waals surface area contributed by atoms with E-state index in [0.29, 0.717) is 18.2 Å². The molecule has 0 bridgehead atoms. The Kier molecular flexibility index (Phi) is 6.16. The van der Waals surface area contributed by atoms with Gasteiger partial charge in [0.25, 0.3) is 0 Å². The fourth-order valence-corrected chi connectivity index (χ4v) is 1.91. The van der Waals surface area contributed by atoms with E-state index in [1.54, 1.807) is 13.2 Å². The van der Waals surface area contributed by atoms with Crippen molar-refractivity contribution in [1.29, 1.82) is 0 Å². The lowest BCUT2D eigenvalue weighted by Gasteiger charge is -2.11. The number of esters is 1. The lowest BCUT2D eigenvalue weighted by Crippen LogP contribution is -2.38. The van der Waals surface area contributed by atoms with Gasteiger partial charge in [-0.15, -0.1) is 5.10 Å². The number of hydrogen-bond donors (Lipinski definition) is 2. The van der Waals surface area contributed by atoms with Crippen molar-refractivity contribution in [1.82, 2.24) is 30.2 Å². The number of carbonyl (C=O) groups excluding carboxylic acids is 1. The molecule has 2 aromatic heterocycles. The van der Waals surface area contributed by atoms with Crippen molar-refractivity contribution in [3.63, 3.8) is 0 Å². The highest BCUT2D eigenvalue weighted by Gasteiger charge is 2.06. The summed E-state index contributed by atoms with van der Waals surface area (Å²) in [5.41, 5.74) is 0.710. The lowest BCUT2D eigenvalue weighted by atomic mass is 10.4. The Balaban J connectivity index is 1.73. The number of methoxy groups -OCH3 is 1. The molecule has 9 heteroatoms. The highest BCUT2D eigenvalue weighted by atomic mass is 16.5. The van der Waals surface area contributed by atoms with E-state index in [2.05, 4.69) is 35.2 Å². The van der Waals surface area contributed by atoms with E-state index in [4.69, 9.17) is 0 Å². The highest BCUT2D eigenvalue weighted by Crippen LogP contribution is 1.93. The van der Waals surface area contributed by atoms with E-state index < -0.39 is 0 Å². The zero-order valence-corrected chi connectivity index (χ0v) is 13.3. The van der Waals surface area contributed by atoms with Crippen LogP contribution in [-0.4, -0.2) is 52.2 Å². The molecule has 0 unspecified atom stereocenters. The van der Waals surface area contributed by atoms with Crippen LogP contribution in [-0.2, 0) is 29.2 Å². The summed E-state index contributed by atoms with van der Waals surface area (Å²) in [5.74, 6) is 0.316. The minimum Gasteiger partial charge on any atom is -0.468 e. The van der Waals surface area contributed by atoms with Gasteiger partial charge in [-0.2, -0.15) is 0 Å². The van der Waals surface area contributed by atoms with Gasteiger partial charge in [-0.25, -0.2) is 4.68 Å². The summed E-state index contributed by atoms with van der Waals surface area (Å²) in [7, 11) is 3.05. The second kappa shape index (κ2) is 8.57. The maximum atomic E-state index is 11.2. The quantitative estimate of drug-likeness (QED) is 0.410. The first kappa shape index (κ1) is 16.5. The third kappa shape index (κ3) is 5.46. The van der Waals surface area contributed by atoms with Crippen molar-refractivity contribution < 1.29 is 9.53 Å². The van der Waals surface area contributed by atoms with E-state index in [9.17, 15) is 4.79 Å². The third-order valence-electron chi connectivity index (χ3n) is 3.09. The molecule has 0 amide bonds. The zero-order chi connectivity index (χ0) is 16.5. The molecule has 124 valence electrons. The van der Waals surface area contributed by atoms with Gasteiger partial charge in [-0.3, -0.25) is 9.79 Å². The Bertz CT molecular complexity index is 633. The summed E-state index contributed by atoms with van der Waals surface area (Å²) in [5, 5.41) is 14.2. The van der Waals surface area contributed by atoms with Crippen LogP contribution in [0.15, 0.2) is 35.7 Å². The molecule has 2 N–H and O–H groups in total. The minimum absolute atomic E-state index is 0.0490. The fraction of sp³-hybridized carbons (Fsp3) is 0.429. The molecule has 0 aromatic carbocycles. The maximum Gasteiger partial charge on any atom is 0.327 e. The molecular formula is C14H21N7O2. The highest BCUT2D eigenvalue weighted by molar-refractivity contribution is 5.79. The minimum atomic E-state index is -0.364. The average molecular weight is 319 g/mol. The number of nitrogens with zero attached hydrogens (tertiary/aromatic N) is 5. The monoisotopic (exact) mass is 319 g/mol. The molecule has 0 aliphatic rings. The van der Waals surface area contributed by atoms with Crippen LogP contribution in [0, 0.1) is 0 Å². The number of nitrogens with one attached hydrogen (secondary N) is 2. The molecule has 0 atom stereocenters. The van der Waals surface area contributed by atoms with Crippen molar-refractivity contribution in [2.75, 3.05) is 20.7 Å². The van der Waals surface area contributed by atoms with Gasteiger partial charge < -0.3 is 19.9 Å². The van der Waals surface area contributed by atoms with Gasteiger partial charge in [-0.05, 0) is 12.1 Å². The van der Waals surface area contributed by atoms with Crippen LogP contribution in [0.1, 0.15) is 5.69 Å².